The first kappa shape index (κ1) is 20.3. The predicted octanol–water partition coefficient (Wildman–Crippen LogP) is 3.07. The van der Waals surface area contributed by atoms with Gasteiger partial charge in [0.2, 0.25) is 5.91 Å². The highest BCUT2D eigenvalue weighted by Gasteiger charge is 2.13. The first-order chi connectivity index (χ1) is 13.4. The van der Waals surface area contributed by atoms with E-state index in [0.29, 0.717) is 4.80 Å². The number of sulfone groups is 1. The van der Waals surface area contributed by atoms with Crippen molar-refractivity contribution in [2.45, 2.75) is 18.6 Å². The molecule has 148 valence electrons. The lowest BCUT2D eigenvalue weighted by atomic mass is 10.2. The summed E-state index contributed by atoms with van der Waals surface area (Å²) in [7, 11) is 0.206. The molecule has 2 aromatic carbocycles. The number of hydrogen-bond donors (Lipinski definition) is 0. The fourth-order valence-corrected chi connectivity index (χ4v) is 5.35. The van der Waals surface area contributed by atoms with Gasteiger partial charge < -0.3 is 9.30 Å². The SMILES string of the molecule is COc1ccc2c(c1)sc(=NC(=O)CCCS(=O)(=O)Cc1ccccc1)n2C. The van der Waals surface area contributed by atoms with E-state index in [-0.39, 0.29) is 30.3 Å². The van der Waals surface area contributed by atoms with Gasteiger partial charge in [-0.3, -0.25) is 4.79 Å². The summed E-state index contributed by atoms with van der Waals surface area (Å²) in [6, 6.07) is 14.7. The molecule has 1 aromatic heterocycles. The Morgan fingerprint density at radius 2 is 1.93 bits per heavy atom. The van der Waals surface area contributed by atoms with Crippen LogP contribution >= 0.6 is 11.3 Å². The molecule has 0 atom stereocenters. The molecule has 1 heterocycles. The van der Waals surface area contributed by atoms with Gasteiger partial charge in [0.25, 0.3) is 0 Å². The topological polar surface area (TPSA) is 77.7 Å². The molecule has 8 heteroatoms. The van der Waals surface area contributed by atoms with E-state index in [0.717, 1.165) is 21.5 Å². The minimum Gasteiger partial charge on any atom is -0.497 e. The summed E-state index contributed by atoms with van der Waals surface area (Å²) < 4.78 is 32.5. The van der Waals surface area contributed by atoms with Gasteiger partial charge in [-0.25, -0.2) is 8.42 Å². The molecule has 0 bridgehead atoms. The van der Waals surface area contributed by atoms with Crippen molar-refractivity contribution in [3.63, 3.8) is 0 Å². The first-order valence-corrected chi connectivity index (χ1v) is 11.5. The van der Waals surface area contributed by atoms with Gasteiger partial charge >= 0.3 is 0 Å². The molecule has 0 fully saturated rings. The molecule has 28 heavy (non-hydrogen) atoms. The van der Waals surface area contributed by atoms with Crippen molar-refractivity contribution < 1.29 is 17.9 Å². The Labute approximate surface area is 168 Å². The summed E-state index contributed by atoms with van der Waals surface area (Å²) in [5.41, 5.74) is 1.72. The van der Waals surface area contributed by atoms with Crippen LogP contribution in [-0.4, -0.2) is 31.8 Å². The molecule has 6 nitrogen and oxygen atoms in total. The largest absolute Gasteiger partial charge is 0.497 e. The van der Waals surface area contributed by atoms with Crippen LogP contribution in [0, 0.1) is 0 Å². The van der Waals surface area contributed by atoms with Gasteiger partial charge in [-0.2, -0.15) is 4.99 Å². The van der Waals surface area contributed by atoms with Gasteiger partial charge in [0.1, 0.15) is 5.75 Å². The van der Waals surface area contributed by atoms with Crippen molar-refractivity contribution in [2.75, 3.05) is 12.9 Å². The number of aryl methyl sites for hydroxylation is 1. The maximum absolute atomic E-state index is 12.2. The van der Waals surface area contributed by atoms with Gasteiger partial charge in [0, 0.05) is 13.5 Å². The quantitative estimate of drug-likeness (QED) is 0.591. The maximum Gasteiger partial charge on any atom is 0.248 e. The van der Waals surface area contributed by atoms with E-state index in [2.05, 4.69) is 4.99 Å². The number of amides is 1. The Hall–Kier alpha value is -2.45. The van der Waals surface area contributed by atoms with Crippen LogP contribution in [0.5, 0.6) is 5.75 Å². The van der Waals surface area contributed by atoms with Crippen LogP contribution in [0.3, 0.4) is 0 Å². The van der Waals surface area contributed by atoms with Gasteiger partial charge in [-0.1, -0.05) is 41.7 Å². The highest BCUT2D eigenvalue weighted by Crippen LogP contribution is 2.22. The normalized spacial score (nSPS) is 12.4. The summed E-state index contributed by atoms with van der Waals surface area (Å²) >= 11 is 1.40. The second kappa shape index (κ2) is 8.70. The Balaban J connectivity index is 1.64. The zero-order valence-electron chi connectivity index (χ0n) is 15.8. The first-order valence-electron chi connectivity index (χ1n) is 8.83. The number of fused-ring (bicyclic) bond motifs is 1. The van der Waals surface area contributed by atoms with Crippen LogP contribution in [-0.2, 0) is 27.4 Å². The molecule has 1 amide bonds. The minimum atomic E-state index is -3.25. The average molecular weight is 419 g/mol. The van der Waals surface area contributed by atoms with Crippen molar-refractivity contribution in [2.24, 2.45) is 12.0 Å². The summed E-state index contributed by atoms with van der Waals surface area (Å²) in [4.78, 5) is 17.0. The van der Waals surface area contributed by atoms with Crippen LogP contribution in [0.4, 0.5) is 0 Å². The molecule has 0 radical (unpaired) electrons. The number of hydrogen-bond acceptors (Lipinski definition) is 5. The van der Waals surface area contributed by atoms with E-state index in [1.165, 1.54) is 11.3 Å². The summed E-state index contributed by atoms with van der Waals surface area (Å²) in [6.45, 7) is 0. The molecule has 3 rings (SSSR count). The third-order valence-corrected chi connectivity index (χ3v) is 7.09. The van der Waals surface area contributed by atoms with Gasteiger partial charge in [0.15, 0.2) is 14.6 Å². The molecule has 0 aliphatic carbocycles. The number of methoxy groups -OCH3 is 1. The number of ether oxygens (including phenoxy) is 1. The number of aromatic nitrogens is 1. The standard InChI is InChI=1S/C20H22N2O4S2/c1-22-17-11-10-16(26-2)13-18(17)27-20(22)21-19(23)9-6-12-28(24,25)14-15-7-4-3-5-8-15/h3-5,7-8,10-11,13H,6,9,12,14H2,1-2H3. The Kier molecular flexibility index (Phi) is 6.31. The van der Waals surface area contributed by atoms with Crippen LogP contribution in [0.1, 0.15) is 18.4 Å². The summed E-state index contributed by atoms with van der Waals surface area (Å²) in [5, 5.41) is 0. The lowest BCUT2D eigenvalue weighted by molar-refractivity contribution is -0.118. The molecule has 0 aliphatic rings. The van der Waals surface area contributed by atoms with Crippen molar-refractivity contribution in [1.29, 1.82) is 0 Å². The Morgan fingerprint density at radius 1 is 1.18 bits per heavy atom. The number of thiazole rings is 1. The zero-order valence-corrected chi connectivity index (χ0v) is 17.4. The molecule has 0 saturated carbocycles. The van der Waals surface area contributed by atoms with E-state index in [1.54, 1.807) is 19.2 Å². The average Bonchev–Trinajstić information content (AvgIpc) is 2.96. The van der Waals surface area contributed by atoms with Crippen LogP contribution in [0.25, 0.3) is 10.2 Å². The zero-order chi connectivity index (χ0) is 20.1. The number of benzene rings is 2. The van der Waals surface area contributed by atoms with Crippen LogP contribution < -0.4 is 9.54 Å². The third kappa shape index (κ3) is 5.08. The monoisotopic (exact) mass is 418 g/mol. The lowest BCUT2D eigenvalue weighted by Crippen LogP contribution is -2.14. The van der Waals surface area contributed by atoms with Crippen molar-refractivity contribution >= 4 is 37.3 Å². The van der Waals surface area contributed by atoms with Gasteiger partial charge in [-0.15, -0.1) is 0 Å². The summed E-state index contributed by atoms with van der Waals surface area (Å²) in [5.74, 6) is 0.394. The van der Waals surface area contributed by atoms with Crippen molar-refractivity contribution in [3.05, 3.63) is 58.9 Å². The molecule has 0 N–H and O–H groups in total. The minimum absolute atomic E-state index is 0.00766. The Bertz CT molecular complexity index is 1150. The Morgan fingerprint density at radius 3 is 2.64 bits per heavy atom. The number of nitrogens with zero attached hydrogens (tertiary/aromatic N) is 2. The van der Waals surface area contributed by atoms with E-state index in [4.69, 9.17) is 4.74 Å². The summed E-state index contributed by atoms with van der Waals surface area (Å²) in [6.07, 6.45) is 0.367. The fraction of sp³-hybridized carbons (Fsp3) is 0.300. The highest BCUT2D eigenvalue weighted by atomic mass is 32.2. The number of carbonyl (C=O) groups excluding carboxylic acids is 1. The smallest absolute Gasteiger partial charge is 0.248 e. The van der Waals surface area contributed by atoms with E-state index in [9.17, 15) is 13.2 Å². The highest BCUT2D eigenvalue weighted by molar-refractivity contribution is 7.90. The molecular formula is C20H22N2O4S2. The lowest BCUT2D eigenvalue weighted by Gasteiger charge is -2.03. The molecule has 0 unspecified atom stereocenters. The molecule has 0 spiro atoms. The van der Waals surface area contributed by atoms with Gasteiger partial charge in [0.05, 0.1) is 28.8 Å². The van der Waals surface area contributed by atoms with E-state index >= 15 is 0 Å². The van der Waals surface area contributed by atoms with Crippen molar-refractivity contribution in [3.8, 4) is 5.75 Å². The van der Waals surface area contributed by atoms with Crippen LogP contribution in [0.2, 0.25) is 0 Å². The van der Waals surface area contributed by atoms with Crippen molar-refractivity contribution in [1.82, 2.24) is 4.57 Å². The second-order valence-corrected chi connectivity index (χ2v) is 9.66. The van der Waals surface area contributed by atoms with Gasteiger partial charge in [-0.05, 0) is 30.2 Å². The number of carbonyl (C=O) groups is 1. The fourth-order valence-electron chi connectivity index (χ4n) is 2.85. The molecule has 0 saturated heterocycles. The van der Waals surface area contributed by atoms with Crippen LogP contribution in [0.15, 0.2) is 53.5 Å². The molecule has 3 aromatic rings. The second-order valence-electron chi connectivity index (χ2n) is 6.46. The number of rotatable bonds is 7. The maximum atomic E-state index is 12.2. The van der Waals surface area contributed by atoms with E-state index in [1.807, 2.05) is 48.0 Å². The third-order valence-electron chi connectivity index (χ3n) is 4.31. The molecule has 0 aliphatic heterocycles. The van der Waals surface area contributed by atoms with E-state index < -0.39 is 9.84 Å². The predicted molar refractivity (Wildman–Crippen MR) is 111 cm³/mol. The molecular weight excluding hydrogens is 396 g/mol.